The van der Waals surface area contributed by atoms with Crippen LogP contribution in [0.25, 0.3) is 0 Å². The predicted octanol–water partition coefficient (Wildman–Crippen LogP) is 4.71. The highest BCUT2D eigenvalue weighted by Gasteiger charge is 2.29. The van der Waals surface area contributed by atoms with E-state index in [2.05, 4.69) is 24.3 Å². The SMILES string of the molecule is O=C(c1ccc2c(c1)N(Cc1ccccc1)C(=O)CO2)N1CCC(Cc2ccccc2)CC1. The monoisotopic (exact) mass is 440 g/mol. The van der Waals surface area contributed by atoms with Crippen molar-refractivity contribution in [3.63, 3.8) is 0 Å². The fourth-order valence-electron chi connectivity index (χ4n) is 4.74. The summed E-state index contributed by atoms with van der Waals surface area (Å²) in [5.41, 5.74) is 3.67. The van der Waals surface area contributed by atoms with Crippen molar-refractivity contribution in [3.05, 3.63) is 95.6 Å². The highest BCUT2D eigenvalue weighted by atomic mass is 16.5. The van der Waals surface area contributed by atoms with E-state index in [4.69, 9.17) is 4.74 Å². The zero-order valence-corrected chi connectivity index (χ0v) is 18.7. The van der Waals surface area contributed by atoms with Crippen molar-refractivity contribution in [2.75, 3.05) is 24.6 Å². The Morgan fingerprint density at radius 2 is 1.55 bits per heavy atom. The number of rotatable bonds is 5. The van der Waals surface area contributed by atoms with E-state index in [0.717, 1.165) is 37.9 Å². The fourth-order valence-corrected chi connectivity index (χ4v) is 4.74. The van der Waals surface area contributed by atoms with Crippen LogP contribution in [0.15, 0.2) is 78.9 Å². The molecule has 2 amide bonds. The number of carbonyl (C=O) groups is 2. The molecule has 1 fully saturated rings. The highest BCUT2D eigenvalue weighted by Crippen LogP contribution is 2.35. The van der Waals surface area contributed by atoms with Crippen LogP contribution in [-0.2, 0) is 17.8 Å². The Morgan fingerprint density at radius 1 is 0.879 bits per heavy atom. The molecule has 33 heavy (non-hydrogen) atoms. The van der Waals surface area contributed by atoms with Crippen molar-refractivity contribution in [1.29, 1.82) is 0 Å². The van der Waals surface area contributed by atoms with Gasteiger partial charge in [0.2, 0.25) is 0 Å². The van der Waals surface area contributed by atoms with E-state index in [0.29, 0.717) is 29.5 Å². The number of carbonyl (C=O) groups excluding carboxylic acids is 2. The van der Waals surface area contributed by atoms with Gasteiger partial charge in [-0.2, -0.15) is 0 Å². The van der Waals surface area contributed by atoms with Gasteiger partial charge in [0.25, 0.3) is 11.8 Å². The van der Waals surface area contributed by atoms with Crippen molar-refractivity contribution in [2.24, 2.45) is 5.92 Å². The summed E-state index contributed by atoms with van der Waals surface area (Å²) in [6.07, 6.45) is 3.08. The van der Waals surface area contributed by atoms with Gasteiger partial charge in [0, 0.05) is 18.7 Å². The number of ether oxygens (including phenoxy) is 1. The van der Waals surface area contributed by atoms with Crippen molar-refractivity contribution in [2.45, 2.75) is 25.8 Å². The molecule has 0 radical (unpaired) electrons. The lowest BCUT2D eigenvalue weighted by atomic mass is 9.90. The smallest absolute Gasteiger partial charge is 0.265 e. The Kier molecular flexibility index (Phi) is 6.11. The minimum absolute atomic E-state index is 0.0159. The van der Waals surface area contributed by atoms with E-state index in [1.807, 2.05) is 59.5 Å². The van der Waals surface area contributed by atoms with E-state index in [9.17, 15) is 9.59 Å². The predicted molar refractivity (Wildman–Crippen MR) is 128 cm³/mol. The van der Waals surface area contributed by atoms with Gasteiger partial charge in [0.15, 0.2) is 6.61 Å². The molecule has 5 rings (SSSR count). The molecule has 0 aliphatic carbocycles. The second-order valence-corrected chi connectivity index (χ2v) is 8.86. The van der Waals surface area contributed by atoms with Gasteiger partial charge in [-0.3, -0.25) is 9.59 Å². The highest BCUT2D eigenvalue weighted by molar-refractivity contribution is 6.01. The standard InChI is InChI=1S/C28H28N2O3/c31-27-20-33-26-12-11-24(18-25(26)30(27)19-23-9-5-2-6-10-23)28(32)29-15-13-22(14-16-29)17-21-7-3-1-4-8-21/h1-12,18,22H,13-17,19-20H2. The van der Waals surface area contributed by atoms with Gasteiger partial charge in [-0.15, -0.1) is 0 Å². The Morgan fingerprint density at radius 3 is 2.24 bits per heavy atom. The molecule has 1 saturated heterocycles. The third-order valence-electron chi connectivity index (χ3n) is 6.60. The number of amides is 2. The average Bonchev–Trinajstić information content (AvgIpc) is 2.87. The number of hydrogen-bond acceptors (Lipinski definition) is 3. The number of piperidine rings is 1. The molecule has 5 heteroatoms. The van der Waals surface area contributed by atoms with E-state index >= 15 is 0 Å². The van der Waals surface area contributed by atoms with Crippen LogP contribution in [0.3, 0.4) is 0 Å². The van der Waals surface area contributed by atoms with Gasteiger partial charge in [-0.25, -0.2) is 0 Å². The van der Waals surface area contributed by atoms with Crippen molar-refractivity contribution < 1.29 is 14.3 Å². The van der Waals surface area contributed by atoms with Crippen LogP contribution in [-0.4, -0.2) is 36.4 Å². The average molecular weight is 441 g/mol. The quantitative estimate of drug-likeness (QED) is 0.578. The Bertz CT molecular complexity index is 1120. The molecular formula is C28H28N2O3. The summed E-state index contributed by atoms with van der Waals surface area (Å²) in [6, 6.07) is 25.9. The maximum Gasteiger partial charge on any atom is 0.265 e. The first-order valence-corrected chi connectivity index (χ1v) is 11.6. The van der Waals surface area contributed by atoms with Crippen LogP contribution in [0.2, 0.25) is 0 Å². The van der Waals surface area contributed by atoms with Crippen molar-refractivity contribution >= 4 is 17.5 Å². The van der Waals surface area contributed by atoms with E-state index in [1.165, 1.54) is 5.56 Å². The van der Waals surface area contributed by atoms with Crippen LogP contribution in [0.5, 0.6) is 5.75 Å². The summed E-state index contributed by atoms with van der Waals surface area (Å²) in [7, 11) is 0. The lowest BCUT2D eigenvalue weighted by Gasteiger charge is -2.33. The molecule has 2 heterocycles. The number of anilines is 1. The second-order valence-electron chi connectivity index (χ2n) is 8.86. The molecule has 0 saturated carbocycles. The molecular weight excluding hydrogens is 412 g/mol. The summed E-state index contributed by atoms with van der Waals surface area (Å²) in [6.45, 7) is 1.99. The topological polar surface area (TPSA) is 49.9 Å². The maximum absolute atomic E-state index is 13.3. The summed E-state index contributed by atoms with van der Waals surface area (Å²) < 4.78 is 5.64. The van der Waals surface area contributed by atoms with Gasteiger partial charge in [-0.05, 0) is 54.5 Å². The van der Waals surface area contributed by atoms with Crippen molar-refractivity contribution in [3.8, 4) is 5.75 Å². The van der Waals surface area contributed by atoms with Crippen LogP contribution >= 0.6 is 0 Å². The van der Waals surface area contributed by atoms with Gasteiger partial charge >= 0.3 is 0 Å². The molecule has 5 nitrogen and oxygen atoms in total. The minimum Gasteiger partial charge on any atom is -0.482 e. The lowest BCUT2D eigenvalue weighted by Crippen LogP contribution is -2.40. The Hall–Kier alpha value is -3.60. The molecule has 3 aromatic carbocycles. The largest absolute Gasteiger partial charge is 0.482 e. The number of hydrogen-bond donors (Lipinski definition) is 0. The number of nitrogens with zero attached hydrogens (tertiary/aromatic N) is 2. The van der Waals surface area contributed by atoms with E-state index in [1.54, 1.807) is 4.90 Å². The van der Waals surface area contributed by atoms with Crippen molar-refractivity contribution in [1.82, 2.24) is 4.90 Å². The summed E-state index contributed by atoms with van der Waals surface area (Å²) in [4.78, 5) is 29.6. The fraction of sp³-hybridized carbons (Fsp3) is 0.286. The first-order chi connectivity index (χ1) is 16.2. The number of fused-ring (bicyclic) bond motifs is 1. The molecule has 0 N–H and O–H groups in total. The molecule has 0 spiro atoms. The van der Waals surface area contributed by atoms with Gasteiger partial charge < -0.3 is 14.5 Å². The molecule has 0 bridgehead atoms. The summed E-state index contributed by atoms with van der Waals surface area (Å²) in [5, 5.41) is 0. The Labute approximate surface area is 194 Å². The second kappa shape index (κ2) is 9.49. The third kappa shape index (κ3) is 4.77. The van der Waals surface area contributed by atoms with E-state index < -0.39 is 0 Å². The molecule has 0 aromatic heterocycles. The molecule has 2 aliphatic rings. The van der Waals surface area contributed by atoms with E-state index in [-0.39, 0.29) is 18.4 Å². The Balaban J connectivity index is 1.28. The minimum atomic E-state index is -0.0994. The van der Waals surface area contributed by atoms with Crippen LogP contribution < -0.4 is 9.64 Å². The first-order valence-electron chi connectivity index (χ1n) is 11.6. The summed E-state index contributed by atoms with van der Waals surface area (Å²) in [5.74, 6) is 1.17. The summed E-state index contributed by atoms with van der Waals surface area (Å²) >= 11 is 0. The first kappa shape index (κ1) is 21.3. The van der Waals surface area contributed by atoms with Gasteiger partial charge in [0.05, 0.1) is 12.2 Å². The van der Waals surface area contributed by atoms with Gasteiger partial charge in [-0.1, -0.05) is 60.7 Å². The third-order valence-corrected chi connectivity index (χ3v) is 6.60. The van der Waals surface area contributed by atoms with Crippen LogP contribution in [0.1, 0.15) is 34.3 Å². The molecule has 0 unspecified atom stereocenters. The molecule has 2 aliphatic heterocycles. The number of benzene rings is 3. The molecule has 3 aromatic rings. The zero-order valence-electron chi connectivity index (χ0n) is 18.7. The van der Waals surface area contributed by atoms with Crippen LogP contribution in [0, 0.1) is 5.92 Å². The molecule has 168 valence electrons. The normalized spacial score (nSPS) is 16.3. The van der Waals surface area contributed by atoms with Gasteiger partial charge in [0.1, 0.15) is 5.75 Å². The zero-order chi connectivity index (χ0) is 22.6. The number of likely N-dealkylation sites (tertiary alicyclic amines) is 1. The molecule has 0 atom stereocenters. The maximum atomic E-state index is 13.3. The lowest BCUT2D eigenvalue weighted by molar-refractivity contribution is -0.121. The van der Waals surface area contributed by atoms with Crippen LogP contribution in [0.4, 0.5) is 5.69 Å².